The van der Waals surface area contributed by atoms with Gasteiger partial charge in [0, 0.05) is 17.1 Å². The molecule has 0 amide bonds. The normalized spacial score (nSPS) is 11.2. The highest BCUT2D eigenvalue weighted by Crippen LogP contribution is 2.26. The standard InChI is InChI=1S/C17H12N2O5/c20-15-13(10-3-1-2-4-14(10)19-15)8-18-9-5-6-11(16(21)22)12(7-9)17(23)24/h1-8,19-20H,(H,21,22)(H,23,24). The van der Waals surface area contributed by atoms with E-state index in [1.54, 1.807) is 6.07 Å². The molecule has 0 aliphatic carbocycles. The Kier molecular flexibility index (Phi) is 3.75. The topological polar surface area (TPSA) is 123 Å². The van der Waals surface area contributed by atoms with Gasteiger partial charge in [0.05, 0.1) is 22.4 Å². The van der Waals surface area contributed by atoms with Crippen molar-refractivity contribution in [1.29, 1.82) is 0 Å². The summed E-state index contributed by atoms with van der Waals surface area (Å²) < 4.78 is 0. The predicted octanol–water partition coefficient (Wildman–Crippen LogP) is 3.02. The van der Waals surface area contributed by atoms with Crippen LogP contribution in [0.5, 0.6) is 5.88 Å². The number of nitrogens with zero attached hydrogens (tertiary/aromatic N) is 1. The number of aromatic carboxylic acids is 2. The number of aromatic amines is 1. The van der Waals surface area contributed by atoms with Crippen LogP contribution in [0.1, 0.15) is 26.3 Å². The van der Waals surface area contributed by atoms with Gasteiger partial charge >= 0.3 is 11.9 Å². The second kappa shape index (κ2) is 5.88. The van der Waals surface area contributed by atoms with Crippen LogP contribution in [0.3, 0.4) is 0 Å². The summed E-state index contributed by atoms with van der Waals surface area (Å²) in [5.74, 6) is -2.72. The summed E-state index contributed by atoms with van der Waals surface area (Å²) in [6.45, 7) is 0. The summed E-state index contributed by atoms with van der Waals surface area (Å²) in [5, 5.41) is 28.8. The molecule has 2 aromatic carbocycles. The van der Waals surface area contributed by atoms with Crippen molar-refractivity contribution < 1.29 is 24.9 Å². The van der Waals surface area contributed by atoms with Gasteiger partial charge in [0.2, 0.25) is 0 Å². The van der Waals surface area contributed by atoms with Crippen LogP contribution < -0.4 is 0 Å². The van der Waals surface area contributed by atoms with Crippen LogP contribution in [-0.4, -0.2) is 38.5 Å². The number of aromatic nitrogens is 1. The second-order valence-corrected chi connectivity index (χ2v) is 5.03. The Balaban J connectivity index is 2.03. The molecule has 0 unspecified atom stereocenters. The van der Waals surface area contributed by atoms with Gasteiger partial charge in [-0.05, 0) is 24.3 Å². The Hall–Kier alpha value is -3.61. The molecule has 0 radical (unpaired) electrons. The number of aliphatic imine (C=N–C) groups is 1. The molecular formula is C17H12N2O5. The Morgan fingerprint density at radius 2 is 1.71 bits per heavy atom. The van der Waals surface area contributed by atoms with E-state index in [1.807, 2.05) is 18.2 Å². The number of nitrogens with one attached hydrogen (secondary N) is 1. The lowest BCUT2D eigenvalue weighted by Gasteiger charge is -2.02. The van der Waals surface area contributed by atoms with Crippen molar-refractivity contribution in [2.24, 2.45) is 4.99 Å². The number of carbonyl (C=O) groups is 2. The maximum Gasteiger partial charge on any atom is 0.336 e. The lowest BCUT2D eigenvalue weighted by molar-refractivity contribution is 0.0651. The summed E-state index contributed by atoms with van der Waals surface area (Å²) in [6.07, 6.45) is 1.40. The van der Waals surface area contributed by atoms with Crippen LogP contribution in [0.4, 0.5) is 5.69 Å². The van der Waals surface area contributed by atoms with E-state index in [0.717, 1.165) is 10.9 Å². The van der Waals surface area contributed by atoms with Crippen LogP contribution in [0, 0.1) is 0 Å². The van der Waals surface area contributed by atoms with E-state index in [0.29, 0.717) is 5.56 Å². The summed E-state index contributed by atoms with van der Waals surface area (Å²) in [7, 11) is 0. The minimum absolute atomic E-state index is 0.0550. The number of carboxylic acids is 2. The quantitative estimate of drug-likeness (QED) is 0.549. The van der Waals surface area contributed by atoms with Gasteiger partial charge in [0.15, 0.2) is 5.88 Å². The zero-order valence-electron chi connectivity index (χ0n) is 12.2. The van der Waals surface area contributed by atoms with Gasteiger partial charge in [-0.3, -0.25) is 4.99 Å². The van der Waals surface area contributed by atoms with Crippen molar-refractivity contribution in [3.63, 3.8) is 0 Å². The molecule has 0 bridgehead atoms. The third-order valence-corrected chi connectivity index (χ3v) is 3.53. The predicted molar refractivity (Wildman–Crippen MR) is 87.6 cm³/mol. The molecule has 0 fully saturated rings. The molecule has 3 rings (SSSR count). The lowest BCUT2D eigenvalue weighted by Crippen LogP contribution is -2.07. The number of hydrogen-bond acceptors (Lipinski definition) is 4. The zero-order chi connectivity index (χ0) is 17.3. The molecule has 0 atom stereocenters. The van der Waals surface area contributed by atoms with Gasteiger partial charge in [-0.1, -0.05) is 18.2 Å². The van der Waals surface area contributed by atoms with E-state index in [1.165, 1.54) is 24.4 Å². The lowest BCUT2D eigenvalue weighted by atomic mass is 10.1. The van der Waals surface area contributed by atoms with Gasteiger partial charge in [-0.25, -0.2) is 9.59 Å². The Labute approximate surface area is 135 Å². The van der Waals surface area contributed by atoms with Crippen LogP contribution in [0.25, 0.3) is 10.9 Å². The fourth-order valence-electron chi connectivity index (χ4n) is 2.40. The first kappa shape index (κ1) is 15.3. The fourth-order valence-corrected chi connectivity index (χ4v) is 2.40. The molecular weight excluding hydrogens is 312 g/mol. The highest BCUT2D eigenvalue weighted by atomic mass is 16.4. The summed E-state index contributed by atoms with van der Waals surface area (Å²) in [5.41, 5.74) is 0.812. The van der Waals surface area contributed by atoms with E-state index in [9.17, 15) is 14.7 Å². The first-order valence-corrected chi connectivity index (χ1v) is 6.91. The maximum absolute atomic E-state index is 11.2. The Morgan fingerprint density at radius 1 is 1.00 bits per heavy atom. The Morgan fingerprint density at radius 3 is 2.42 bits per heavy atom. The van der Waals surface area contributed by atoms with E-state index < -0.39 is 11.9 Å². The zero-order valence-corrected chi connectivity index (χ0v) is 12.2. The summed E-state index contributed by atoms with van der Waals surface area (Å²) in [4.78, 5) is 29.2. The molecule has 24 heavy (non-hydrogen) atoms. The van der Waals surface area contributed by atoms with Crippen LogP contribution in [0.2, 0.25) is 0 Å². The number of carboxylic acid groups (broad SMARTS) is 2. The van der Waals surface area contributed by atoms with Gasteiger partial charge in [-0.2, -0.15) is 0 Å². The van der Waals surface area contributed by atoms with Gasteiger partial charge in [0.1, 0.15) is 0 Å². The number of para-hydroxylation sites is 1. The second-order valence-electron chi connectivity index (χ2n) is 5.03. The monoisotopic (exact) mass is 324 g/mol. The number of rotatable bonds is 4. The van der Waals surface area contributed by atoms with E-state index in [4.69, 9.17) is 10.2 Å². The SMILES string of the molecule is O=C(O)c1ccc(N=Cc2c(O)[nH]c3ccccc23)cc1C(=O)O. The first-order chi connectivity index (χ1) is 11.5. The third kappa shape index (κ3) is 2.70. The number of fused-ring (bicyclic) bond motifs is 1. The van der Waals surface area contributed by atoms with Crippen LogP contribution >= 0.6 is 0 Å². The fraction of sp³-hybridized carbons (Fsp3) is 0. The Bertz CT molecular complexity index is 988. The van der Waals surface area contributed by atoms with E-state index in [-0.39, 0.29) is 22.7 Å². The summed E-state index contributed by atoms with van der Waals surface area (Å²) in [6, 6.07) is 11.0. The molecule has 0 saturated carbocycles. The molecule has 0 aliphatic heterocycles. The van der Waals surface area contributed by atoms with Crippen molar-refractivity contribution in [1.82, 2.24) is 4.98 Å². The number of hydrogen-bond donors (Lipinski definition) is 4. The minimum Gasteiger partial charge on any atom is -0.494 e. The van der Waals surface area contributed by atoms with Crippen LogP contribution in [-0.2, 0) is 0 Å². The average molecular weight is 324 g/mol. The molecule has 120 valence electrons. The highest BCUT2D eigenvalue weighted by molar-refractivity contribution is 6.04. The van der Waals surface area contributed by atoms with Crippen molar-refractivity contribution in [2.75, 3.05) is 0 Å². The third-order valence-electron chi connectivity index (χ3n) is 3.53. The summed E-state index contributed by atoms with van der Waals surface area (Å²) >= 11 is 0. The molecule has 0 aliphatic rings. The van der Waals surface area contributed by atoms with Crippen molar-refractivity contribution >= 4 is 34.7 Å². The molecule has 7 heteroatoms. The molecule has 3 aromatic rings. The number of H-pyrrole nitrogens is 1. The maximum atomic E-state index is 11.2. The van der Waals surface area contributed by atoms with Crippen molar-refractivity contribution in [3.8, 4) is 5.88 Å². The molecule has 0 saturated heterocycles. The minimum atomic E-state index is -1.35. The highest BCUT2D eigenvalue weighted by Gasteiger charge is 2.16. The molecule has 1 aromatic heterocycles. The van der Waals surface area contributed by atoms with Crippen molar-refractivity contribution in [3.05, 3.63) is 59.2 Å². The van der Waals surface area contributed by atoms with E-state index >= 15 is 0 Å². The van der Waals surface area contributed by atoms with Gasteiger partial charge in [0.25, 0.3) is 0 Å². The number of aromatic hydroxyl groups is 1. The van der Waals surface area contributed by atoms with Gasteiger partial charge < -0.3 is 20.3 Å². The molecule has 0 spiro atoms. The molecule has 7 nitrogen and oxygen atoms in total. The number of benzene rings is 2. The van der Waals surface area contributed by atoms with Crippen molar-refractivity contribution in [2.45, 2.75) is 0 Å². The first-order valence-electron chi connectivity index (χ1n) is 6.91. The van der Waals surface area contributed by atoms with E-state index in [2.05, 4.69) is 9.98 Å². The van der Waals surface area contributed by atoms with Crippen LogP contribution in [0.15, 0.2) is 47.5 Å². The molecule has 4 N–H and O–H groups in total. The smallest absolute Gasteiger partial charge is 0.336 e. The molecule has 1 heterocycles. The van der Waals surface area contributed by atoms with Gasteiger partial charge in [-0.15, -0.1) is 0 Å². The average Bonchev–Trinajstić information content (AvgIpc) is 2.87. The largest absolute Gasteiger partial charge is 0.494 e.